The summed E-state index contributed by atoms with van der Waals surface area (Å²) in [5.41, 5.74) is 28.4. The lowest BCUT2D eigenvalue weighted by Crippen LogP contribution is -2.21. The maximum Gasteiger partial charge on any atom is 0.0465 e. The molecule has 2 fully saturated rings. The van der Waals surface area contributed by atoms with Gasteiger partial charge < -0.3 is 9.80 Å². The van der Waals surface area contributed by atoms with Crippen LogP contribution in [0.5, 0.6) is 0 Å². The van der Waals surface area contributed by atoms with E-state index in [4.69, 9.17) is 0 Å². The quantitative estimate of drug-likeness (QED) is 0.135. The predicted octanol–water partition coefficient (Wildman–Crippen LogP) is 21.0. The molecule has 374 valence electrons. The summed E-state index contributed by atoms with van der Waals surface area (Å²) in [5, 5.41) is 0. The summed E-state index contributed by atoms with van der Waals surface area (Å²) in [6.45, 7) is 0. The van der Waals surface area contributed by atoms with E-state index in [9.17, 15) is 0 Å². The average Bonchev–Trinajstić information content (AvgIpc) is 4.13. The molecule has 0 unspecified atom stereocenters. The number of nitrogens with zero attached hydrogens (tertiary/aromatic N) is 2. The van der Waals surface area contributed by atoms with Crippen LogP contribution in [-0.4, -0.2) is 0 Å². The first-order valence-electron chi connectivity index (χ1n) is 28.3. The second kappa shape index (κ2) is 18.9. The van der Waals surface area contributed by atoms with Crippen LogP contribution < -0.4 is 9.80 Å². The largest absolute Gasteiger partial charge is 0.310 e. The molecule has 78 heavy (non-hydrogen) atoms. The molecule has 0 atom stereocenters. The Morgan fingerprint density at radius 2 is 0.474 bits per heavy atom. The lowest BCUT2D eigenvalue weighted by atomic mass is 9.76. The molecule has 2 saturated carbocycles. The highest BCUT2D eigenvalue weighted by Gasteiger charge is 2.46. The second-order valence-electron chi connectivity index (χ2n) is 22.3. The fraction of sp³-hybridized carbons (Fsp3) is 0.132. The molecule has 2 heteroatoms. The Hall–Kier alpha value is -8.98. The summed E-state index contributed by atoms with van der Waals surface area (Å²) < 4.78 is 0. The molecular weight excluding hydrogens is 941 g/mol. The van der Waals surface area contributed by atoms with E-state index < -0.39 is 0 Å². The Kier molecular flexibility index (Phi) is 11.2. The van der Waals surface area contributed by atoms with E-state index in [2.05, 4.69) is 277 Å². The van der Waals surface area contributed by atoms with Crippen molar-refractivity contribution < 1.29 is 0 Å². The first kappa shape index (κ1) is 46.3. The molecule has 0 heterocycles. The molecule has 0 N–H and O–H groups in total. The zero-order valence-corrected chi connectivity index (χ0v) is 44.0. The van der Waals surface area contributed by atoms with Gasteiger partial charge in [0.25, 0.3) is 0 Å². The van der Waals surface area contributed by atoms with Crippen molar-refractivity contribution in [1.29, 1.82) is 0 Å². The summed E-state index contributed by atoms with van der Waals surface area (Å²) in [6.07, 6.45) is 9.88. The summed E-state index contributed by atoms with van der Waals surface area (Å²) in [5.74, 6) is 0. The highest BCUT2D eigenvalue weighted by Crippen LogP contribution is 2.59. The van der Waals surface area contributed by atoms with Gasteiger partial charge in [-0.05, 0) is 187 Å². The molecule has 2 nitrogen and oxygen atoms in total. The first-order valence-corrected chi connectivity index (χ1v) is 28.3. The maximum absolute atomic E-state index is 2.52. The van der Waals surface area contributed by atoms with Gasteiger partial charge in [0.15, 0.2) is 0 Å². The van der Waals surface area contributed by atoms with Crippen molar-refractivity contribution in [2.24, 2.45) is 0 Å². The van der Waals surface area contributed by atoms with Crippen LogP contribution in [0.2, 0.25) is 0 Å². The minimum atomic E-state index is 0.0796. The van der Waals surface area contributed by atoms with Crippen LogP contribution in [0.4, 0.5) is 34.1 Å². The van der Waals surface area contributed by atoms with Crippen LogP contribution in [0.3, 0.4) is 0 Å². The third kappa shape index (κ3) is 7.60. The summed E-state index contributed by atoms with van der Waals surface area (Å²) in [4.78, 5) is 4.92. The van der Waals surface area contributed by atoms with E-state index in [0.717, 1.165) is 22.7 Å². The number of benzene rings is 11. The van der Waals surface area contributed by atoms with Gasteiger partial charge in [-0.25, -0.2) is 0 Å². The monoisotopic (exact) mass is 1000 g/mol. The van der Waals surface area contributed by atoms with Gasteiger partial charge in [0.2, 0.25) is 0 Å². The lowest BCUT2D eigenvalue weighted by molar-refractivity contribution is 0.550. The second-order valence-corrected chi connectivity index (χ2v) is 22.3. The summed E-state index contributed by atoms with van der Waals surface area (Å²) in [6, 6.07) is 100.0. The molecule has 15 rings (SSSR count). The molecule has 4 aliphatic rings. The molecule has 11 aromatic carbocycles. The molecule has 0 bridgehead atoms. The number of anilines is 6. The Balaban J connectivity index is 0.786. The molecule has 0 saturated heterocycles. The van der Waals surface area contributed by atoms with Crippen LogP contribution in [-0.2, 0) is 10.8 Å². The van der Waals surface area contributed by atoms with E-state index in [-0.39, 0.29) is 10.8 Å². The van der Waals surface area contributed by atoms with Crippen molar-refractivity contribution in [3.05, 3.63) is 289 Å². The zero-order chi connectivity index (χ0) is 51.6. The van der Waals surface area contributed by atoms with E-state index in [0.29, 0.717) is 0 Å². The number of hydrogen-bond acceptors (Lipinski definition) is 2. The van der Waals surface area contributed by atoms with E-state index in [1.165, 1.54) is 152 Å². The molecule has 0 radical (unpaired) electrons. The molecule has 0 amide bonds. The maximum atomic E-state index is 2.52. The van der Waals surface area contributed by atoms with Crippen LogP contribution in [0.1, 0.15) is 73.6 Å². The van der Waals surface area contributed by atoms with Crippen molar-refractivity contribution in [2.45, 2.75) is 62.2 Å². The van der Waals surface area contributed by atoms with Crippen LogP contribution in [0, 0.1) is 0 Å². The average molecular weight is 1000 g/mol. The molecule has 11 aromatic rings. The molecule has 4 aliphatic carbocycles. The van der Waals surface area contributed by atoms with Gasteiger partial charge in [0, 0.05) is 45.0 Å². The van der Waals surface area contributed by atoms with Gasteiger partial charge in [-0.3, -0.25) is 0 Å². The Morgan fingerprint density at radius 1 is 0.205 bits per heavy atom. The van der Waals surface area contributed by atoms with E-state index >= 15 is 0 Å². The van der Waals surface area contributed by atoms with Gasteiger partial charge in [0.05, 0.1) is 0 Å². The van der Waals surface area contributed by atoms with Gasteiger partial charge in [0.1, 0.15) is 0 Å². The number of rotatable bonds is 10. The lowest BCUT2D eigenvalue weighted by Gasteiger charge is -2.30. The number of fused-ring (bicyclic) bond motifs is 10. The van der Waals surface area contributed by atoms with Crippen molar-refractivity contribution in [2.75, 3.05) is 9.80 Å². The predicted molar refractivity (Wildman–Crippen MR) is 327 cm³/mol. The normalized spacial score (nSPS) is 15.0. The van der Waals surface area contributed by atoms with Gasteiger partial charge in [-0.1, -0.05) is 220 Å². The van der Waals surface area contributed by atoms with E-state index in [1.54, 1.807) is 0 Å². The van der Waals surface area contributed by atoms with Crippen molar-refractivity contribution in [3.63, 3.8) is 0 Å². The van der Waals surface area contributed by atoms with E-state index in [1.807, 2.05) is 0 Å². The van der Waals surface area contributed by atoms with Crippen molar-refractivity contribution in [3.8, 4) is 66.8 Å². The minimum absolute atomic E-state index is 0.0796. The number of hydrogen-bond donors (Lipinski definition) is 0. The van der Waals surface area contributed by atoms with Crippen molar-refractivity contribution >= 4 is 34.1 Å². The van der Waals surface area contributed by atoms with Gasteiger partial charge >= 0.3 is 0 Å². The third-order valence-corrected chi connectivity index (χ3v) is 18.2. The Bertz CT molecular complexity index is 3730. The summed E-state index contributed by atoms with van der Waals surface area (Å²) >= 11 is 0. The third-order valence-electron chi connectivity index (χ3n) is 18.2. The molecule has 2 spiro atoms. The van der Waals surface area contributed by atoms with Crippen LogP contribution in [0.15, 0.2) is 267 Å². The Labute approximate surface area is 459 Å². The van der Waals surface area contributed by atoms with Crippen LogP contribution in [0.25, 0.3) is 66.8 Å². The smallest absolute Gasteiger partial charge is 0.0465 e. The standard InChI is InChI=1S/C76H60N2/c1-3-17-53(18-4-1)55-27-35-59(36-28-55)77(63-43-45-69-67-23-9-11-25-71(67)75(73(69)51-63)47-13-14-48-75)61-39-31-57(32-40-61)65-21-7-8-22-66(65)58-33-41-62(42-34-58)78(60-37-29-56(30-38-60)54-19-5-2-6-20-54)64-44-46-70-68-24-10-12-26-72(68)76(74(70)52-64)49-15-16-50-76/h1-12,17-46,51-52H,13-16,47-50H2. The summed E-state index contributed by atoms with van der Waals surface area (Å²) in [7, 11) is 0. The highest BCUT2D eigenvalue weighted by molar-refractivity contribution is 5.91. The fourth-order valence-corrected chi connectivity index (χ4v) is 14.5. The van der Waals surface area contributed by atoms with Crippen LogP contribution >= 0.6 is 0 Å². The topological polar surface area (TPSA) is 6.48 Å². The molecule has 0 aliphatic heterocycles. The zero-order valence-electron chi connectivity index (χ0n) is 44.0. The first-order chi connectivity index (χ1) is 38.6. The highest BCUT2D eigenvalue weighted by atomic mass is 15.1. The van der Waals surface area contributed by atoms with Gasteiger partial charge in [-0.15, -0.1) is 0 Å². The van der Waals surface area contributed by atoms with Crippen molar-refractivity contribution in [1.82, 2.24) is 0 Å². The fourth-order valence-electron chi connectivity index (χ4n) is 14.5. The van der Waals surface area contributed by atoms with Gasteiger partial charge in [-0.2, -0.15) is 0 Å². The minimum Gasteiger partial charge on any atom is -0.310 e. The SMILES string of the molecule is c1ccc(-c2ccc(N(c3ccc(-c4ccccc4-c4ccc(N(c5ccc(-c6ccccc6)cc5)c5ccc6c(c5)C5(CCCC5)c5ccccc5-6)cc4)cc3)c3ccc4c(c3)C3(CCCC3)c3ccccc3-4)cc2)cc1. The molecular formula is C76H60N2. The molecule has 0 aromatic heterocycles. The Morgan fingerprint density at radius 3 is 0.833 bits per heavy atom.